The molecule has 0 amide bonds. The van der Waals surface area contributed by atoms with E-state index in [2.05, 4.69) is 29.0 Å². The minimum Gasteiger partial charge on any atom is -0.496 e. The molecule has 2 heterocycles. The molecule has 0 aliphatic heterocycles. The monoisotopic (exact) mass is 255 g/mol. The van der Waals surface area contributed by atoms with Gasteiger partial charge in [0.25, 0.3) is 0 Å². The number of aromatic nitrogens is 2. The average Bonchev–Trinajstić information content (AvgIpc) is 2.69. The summed E-state index contributed by atoms with van der Waals surface area (Å²) in [5, 5.41) is 1.10. The minimum absolute atomic E-state index is 0. The van der Waals surface area contributed by atoms with Crippen LogP contribution in [0.5, 0.6) is 5.75 Å². The standard InChI is InChI=1S/C12H17N3O.ClH/c1-15(2)7-5-9-8-14-12-11(9)10(16-3)4-6-13-12;/h4,6,8H,5,7H2,1-3H3,(H,13,14);1H. The molecule has 0 saturated carbocycles. The van der Waals surface area contributed by atoms with Crippen molar-refractivity contribution in [1.29, 1.82) is 0 Å². The zero-order valence-electron chi connectivity index (χ0n) is 10.4. The second-order valence-electron chi connectivity index (χ2n) is 4.10. The largest absolute Gasteiger partial charge is 0.496 e. The van der Waals surface area contributed by atoms with Crippen molar-refractivity contribution in [1.82, 2.24) is 14.9 Å². The molecule has 2 rings (SSSR count). The number of ether oxygens (including phenoxy) is 1. The smallest absolute Gasteiger partial charge is 0.141 e. The first kappa shape index (κ1) is 13.8. The Hall–Kier alpha value is -1.26. The van der Waals surface area contributed by atoms with Crippen molar-refractivity contribution in [3.8, 4) is 5.75 Å². The van der Waals surface area contributed by atoms with Crippen LogP contribution in [0.1, 0.15) is 5.56 Å². The molecule has 5 heteroatoms. The highest BCUT2D eigenvalue weighted by atomic mass is 35.5. The Balaban J connectivity index is 0.00000144. The van der Waals surface area contributed by atoms with Gasteiger partial charge in [0, 0.05) is 18.9 Å². The van der Waals surface area contributed by atoms with Gasteiger partial charge < -0.3 is 14.6 Å². The van der Waals surface area contributed by atoms with Gasteiger partial charge in [-0.15, -0.1) is 12.4 Å². The van der Waals surface area contributed by atoms with Crippen molar-refractivity contribution in [3.63, 3.8) is 0 Å². The van der Waals surface area contributed by atoms with Crippen LogP contribution in [0.2, 0.25) is 0 Å². The molecule has 0 radical (unpaired) electrons. The maximum absolute atomic E-state index is 5.36. The first-order valence-electron chi connectivity index (χ1n) is 5.36. The molecular formula is C12H18ClN3O. The first-order valence-corrected chi connectivity index (χ1v) is 5.36. The van der Waals surface area contributed by atoms with Crippen LogP contribution in [0.3, 0.4) is 0 Å². The van der Waals surface area contributed by atoms with Gasteiger partial charge in [-0.05, 0) is 32.1 Å². The fourth-order valence-electron chi connectivity index (χ4n) is 1.80. The van der Waals surface area contributed by atoms with E-state index in [4.69, 9.17) is 4.74 Å². The number of hydrogen-bond donors (Lipinski definition) is 1. The highest BCUT2D eigenvalue weighted by Crippen LogP contribution is 2.27. The van der Waals surface area contributed by atoms with Crippen LogP contribution < -0.4 is 4.74 Å². The second kappa shape index (κ2) is 5.89. The molecule has 2 aromatic rings. The van der Waals surface area contributed by atoms with E-state index in [0.29, 0.717) is 0 Å². The first-order chi connectivity index (χ1) is 7.72. The molecule has 0 atom stereocenters. The summed E-state index contributed by atoms with van der Waals surface area (Å²) < 4.78 is 5.36. The number of H-pyrrole nitrogens is 1. The molecular weight excluding hydrogens is 238 g/mol. The van der Waals surface area contributed by atoms with Crippen molar-refractivity contribution in [2.24, 2.45) is 0 Å². The van der Waals surface area contributed by atoms with E-state index < -0.39 is 0 Å². The number of halogens is 1. The van der Waals surface area contributed by atoms with Gasteiger partial charge in [-0.3, -0.25) is 0 Å². The van der Waals surface area contributed by atoms with E-state index in [9.17, 15) is 0 Å². The summed E-state index contributed by atoms with van der Waals surface area (Å²) in [6.07, 6.45) is 4.77. The second-order valence-corrected chi connectivity index (χ2v) is 4.10. The van der Waals surface area contributed by atoms with Gasteiger partial charge in [0.05, 0.1) is 12.5 Å². The zero-order chi connectivity index (χ0) is 11.5. The predicted octanol–water partition coefficient (Wildman–Crippen LogP) is 2.10. The SMILES string of the molecule is COc1ccnc2[nH]cc(CCN(C)C)c12.Cl. The van der Waals surface area contributed by atoms with Crippen LogP contribution in [-0.4, -0.2) is 42.6 Å². The van der Waals surface area contributed by atoms with E-state index in [-0.39, 0.29) is 12.4 Å². The van der Waals surface area contributed by atoms with Crippen LogP contribution in [0.25, 0.3) is 11.0 Å². The number of methoxy groups -OCH3 is 1. The summed E-state index contributed by atoms with van der Waals surface area (Å²) in [6, 6.07) is 1.90. The maximum atomic E-state index is 5.36. The van der Waals surface area contributed by atoms with Crippen molar-refractivity contribution in [3.05, 3.63) is 24.0 Å². The third kappa shape index (κ3) is 2.90. The number of pyridine rings is 1. The van der Waals surface area contributed by atoms with Crippen LogP contribution in [0.15, 0.2) is 18.5 Å². The third-order valence-corrected chi connectivity index (χ3v) is 2.67. The number of aromatic amines is 1. The van der Waals surface area contributed by atoms with Crippen molar-refractivity contribution >= 4 is 23.4 Å². The quantitative estimate of drug-likeness (QED) is 0.910. The number of nitrogens with one attached hydrogen (secondary N) is 1. The Kier molecular flexibility index (Phi) is 4.78. The summed E-state index contributed by atoms with van der Waals surface area (Å²) in [6.45, 7) is 1.02. The Labute approximate surface area is 107 Å². The van der Waals surface area contributed by atoms with E-state index in [1.807, 2.05) is 12.3 Å². The predicted molar refractivity (Wildman–Crippen MR) is 72.2 cm³/mol. The Morgan fingerprint density at radius 3 is 2.82 bits per heavy atom. The Morgan fingerprint density at radius 2 is 2.18 bits per heavy atom. The molecule has 0 bridgehead atoms. The molecule has 17 heavy (non-hydrogen) atoms. The van der Waals surface area contributed by atoms with Gasteiger partial charge in [-0.1, -0.05) is 0 Å². The topological polar surface area (TPSA) is 41.1 Å². The molecule has 0 aliphatic rings. The lowest BCUT2D eigenvalue weighted by molar-refractivity contribution is 0.411. The lowest BCUT2D eigenvalue weighted by Gasteiger charge is -2.09. The normalized spacial score (nSPS) is 10.6. The van der Waals surface area contributed by atoms with Gasteiger partial charge in [-0.2, -0.15) is 0 Å². The molecule has 1 N–H and O–H groups in total. The maximum Gasteiger partial charge on any atom is 0.141 e. The molecule has 0 saturated heterocycles. The number of nitrogens with zero attached hydrogens (tertiary/aromatic N) is 2. The van der Waals surface area contributed by atoms with Gasteiger partial charge in [0.2, 0.25) is 0 Å². The van der Waals surface area contributed by atoms with Crippen LogP contribution in [-0.2, 0) is 6.42 Å². The van der Waals surface area contributed by atoms with Crippen molar-refractivity contribution in [2.75, 3.05) is 27.7 Å². The molecule has 0 unspecified atom stereocenters. The zero-order valence-corrected chi connectivity index (χ0v) is 11.2. The molecule has 2 aromatic heterocycles. The van der Waals surface area contributed by atoms with E-state index >= 15 is 0 Å². The van der Waals surface area contributed by atoms with E-state index in [1.165, 1.54) is 5.56 Å². The fourth-order valence-corrected chi connectivity index (χ4v) is 1.80. The summed E-state index contributed by atoms with van der Waals surface area (Å²) in [5.41, 5.74) is 2.15. The van der Waals surface area contributed by atoms with Gasteiger partial charge in [-0.25, -0.2) is 4.98 Å². The Bertz CT molecular complexity index is 482. The third-order valence-electron chi connectivity index (χ3n) is 2.67. The molecule has 0 aliphatic carbocycles. The number of likely N-dealkylation sites (N-methyl/N-ethyl adjacent to an activating group) is 1. The lowest BCUT2D eigenvalue weighted by Crippen LogP contribution is -2.14. The molecule has 4 nitrogen and oxygen atoms in total. The minimum atomic E-state index is 0. The van der Waals surface area contributed by atoms with Crippen LogP contribution in [0, 0.1) is 0 Å². The van der Waals surface area contributed by atoms with Crippen LogP contribution in [0.4, 0.5) is 0 Å². The molecule has 0 fully saturated rings. The highest BCUT2D eigenvalue weighted by molar-refractivity contribution is 5.86. The summed E-state index contributed by atoms with van der Waals surface area (Å²) in [4.78, 5) is 9.63. The van der Waals surface area contributed by atoms with Gasteiger partial charge in [0.15, 0.2) is 0 Å². The Morgan fingerprint density at radius 1 is 1.41 bits per heavy atom. The van der Waals surface area contributed by atoms with Gasteiger partial charge >= 0.3 is 0 Å². The number of fused-ring (bicyclic) bond motifs is 1. The summed E-state index contributed by atoms with van der Waals surface area (Å²) in [5.74, 6) is 0.889. The molecule has 0 spiro atoms. The lowest BCUT2D eigenvalue weighted by atomic mass is 10.1. The molecule has 0 aromatic carbocycles. The summed E-state index contributed by atoms with van der Waals surface area (Å²) in [7, 11) is 5.84. The number of rotatable bonds is 4. The summed E-state index contributed by atoms with van der Waals surface area (Å²) >= 11 is 0. The van der Waals surface area contributed by atoms with Gasteiger partial charge in [0.1, 0.15) is 11.4 Å². The highest BCUT2D eigenvalue weighted by Gasteiger charge is 2.09. The van der Waals surface area contributed by atoms with Crippen molar-refractivity contribution in [2.45, 2.75) is 6.42 Å². The molecule has 94 valence electrons. The average molecular weight is 256 g/mol. The number of hydrogen-bond acceptors (Lipinski definition) is 3. The fraction of sp³-hybridized carbons (Fsp3) is 0.417. The van der Waals surface area contributed by atoms with Crippen molar-refractivity contribution < 1.29 is 4.74 Å². The van der Waals surface area contributed by atoms with E-state index in [0.717, 1.165) is 29.7 Å². The van der Waals surface area contributed by atoms with E-state index in [1.54, 1.807) is 13.3 Å². The van der Waals surface area contributed by atoms with Crippen LogP contribution >= 0.6 is 12.4 Å².